The van der Waals surface area contributed by atoms with Gasteiger partial charge in [-0.2, -0.15) is 0 Å². The lowest BCUT2D eigenvalue weighted by Crippen LogP contribution is -2.17. The standard InChI is InChI=1S/C14H16N4O2/c1-10-13(14(19)20)15-16-18(10)12-6-4-11(5-7-12)17-8-2-3-9-17/h4-7H,2-3,8-9H2,1H3,(H,19,20). The van der Waals surface area contributed by atoms with Gasteiger partial charge in [-0.05, 0) is 44.0 Å². The molecule has 3 rings (SSSR count). The topological polar surface area (TPSA) is 71.2 Å². The fraction of sp³-hybridized carbons (Fsp3) is 0.357. The maximum absolute atomic E-state index is 11.0. The van der Waals surface area contributed by atoms with Gasteiger partial charge in [-0.3, -0.25) is 0 Å². The van der Waals surface area contributed by atoms with Gasteiger partial charge in [0.2, 0.25) is 0 Å². The van der Waals surface area contributed by atoms with Crippen LogP contribution in [0.4, 0.5) is 5.69 Å². The normalized spacial score (nSPS) is 14.8. The summed E-state index contributed by atoms with van der Waals surface area (Å²) in [5.74, 6) is -1.05. The zero-order valence-corrected chi connectivity index (χ0v) is 11.3. The second-order valence-electron chi connectivity index (χ2n) is 4.95. The Morgan fingerprint density at radius 3 is 2.30 bits per heavy atom. The zero-order valence-electron chi connectivity index (χ0n) is 11.3. The van der Waals surface area contributed by atoms with E-state index in [1.807, 2.05) is 24.3 Å². The molecular formula is C14H16N4O2. The molecule has 0 spiro atoms. The summed E-state index contributed by atoms with van der Waals surface area (Å²) < 4.78 is 1.55. The number of carbonyl (C=O) groups is 1. The third-order valence-electron chi connectivity index (χ3n) is 3.66. The predicted octanol–water partition coefficient (Wildman–Crippen LogP) is 1.87. The van der Waals surface area contributed by atoms with E-state index in [1.54, 1.807) is 11.6 Å². The van der Waals surface area contributed by atoms with Crippen LogP contribution < -0.4 is 4.90 Å². The Morgan fingerprint density at radius 2 is 1.75 bits per heavy atom. The van der Waals surface area contributed by atoms with Gasteiger partial charge >= 0.3 is 5.97 Å². The van der Waals surface area contributed by atoms with Gasteiger partial charge in [-0.15, -0.1) is 5.10 Å². The lowest BCUT2D eigenvalue weighted by Gasteiger charge is -2.17. The summed E-state index contributed by atoms with van der Waals surface area (Å²) in [6.07, 6.45) is 2.48. The van der Waals surface area contributed by atoms with Crippen molar-refractivity contribution in [2.45, 2.75) is 19.8 Å². The summed E-state index contributed by atoms with van der Waals surface area (Å²) in [6, 6.07) is 7.98. The van der Waals surface area contributed by atoms with Crippen LogP contribution in [0.15, 0.2) is 24.3 Å². The van der Waals surface area contributed by atoms with Crippen LogP contribution in [0, 0.1) is 6.92 Å². The highest BCUT2D eigenvalue weighted by Crippen LogP contribution is 2.22. The van der Waals surface area contributed by atoms with Crippen LogP contribution in [-0.2, 0) is 0 Å². The lowest BCUT2D eigenvalue weighted by atomic mass is 10.2. The van der Waals surface area contributed by atoms with E-state index < -0.39 is 5.97 Å². The highest BCUT2D eigenvalue weighted by Gasteiger charge is 2.16. The molecule has 2 aromatic rings. The van der Waals surface area contributed by atoms with Crippen LogP contribution in [-0.4, -0.2) is 39.2 Å². The summed E-state index contributed by atoms with van der Waals surface area (Å²) in [5, 5.41) is 16.6. The third-order valence-corrected chi connectivity index (χ3v) is 3.66. The van der Waals surface area contributed by atoms with Crippen molar-refractivity contribution in [3.63, 3.8) is 0 Å². The van der Waals surface area contributed by atoms with Crippen molar-refractivity contribution in [3.8, 4) is 5.69 Å². The van der Waals surface area contributed by atoms with Gasteiger partial charge in [0.15, 0.2) is 5.69 Å². The van der Waals surface area contributed by atoms with Crippen molar-refractivity contribution < 1.29 is 9.90 Å². The molecule has 0 radical (unpaired) electrons. The molecule has 0 amide bonds. The molecule has 0 atom stereocenters. The summed E-state index contributed by atoms with van der Waals surface area (Å²) in [6.45, 7) is 3.91. The smallest absolute Gasteiger partial charge is 0.358 e. The maximum atomic E-state index is 11.0. The van der Waals surface area contributed by atoms with E-state index in [1.165, 1.54) is 18.5 Å². The maximum Gasteiger partial charge on any atom is 0.358 e. The summed E-state index contributed by atoms with van der Waals surface area (Å²) >= 11 is 0. The van der Waals surface area contributed by atoms with Gasteiger partial charge < -0.3 is 10.0 Å². The van der Waals surface area contributed by atoms with Gasteiger partial charge in [0.1, 0.15) is 0 Å². The molecule has 1 aromatic carbocycles. The van der Waals surface area contributed by atoms with E-state index in [4.69, 9.17) is 5.11 Å². The van der Waals surface area contributed by atoms with Crippen molar-refractivity contribution in [1.29, 1.82) is 0 Å². The van der Waals surface area contributed by atoms with Crippen molar-refractivity contribution in [2.75, 3.05) is 18.0 Å². The highest BCUT2D eigenvalue weighted by molar-refractivity contribution is 5.86. The van der Waals surface area contributed by atoms with Gasteiger partial charge in [0.25, 0.3) is 0 Å². The second kappa shape index (κ2) is 4.96. The Hall–Kier alpha value is -2.37. The Labute approximate surface area is 116 Å². The monoisotopic (exact) mass is 272 g/mol. The van der Waals surface area contributed by atoms with Crippen molar-refractivity contribution in [3.05, 3.63) is 35.7 Å². The van der Waals surface area contributed by atoms with Crippen LogP contribution in [0.25, 0.3) is 5.69 Å². The van der Waals surface area contributed by atoms with Crippen molar-refractivity contribution in [1.82, 2.24) is 15.0 Å². The molecule has 1 aromatic heterocycles. The first-order valence-electron chi connectivity index (χ1n) is 6.68. The number of aromatic nitrogens is 3. The second-order valence-corrected chi connectivity index (χ2v) is 4.95. The molecule has 104 valence electrons. The minimum atomic E-state index is -1.05. The molecule has 0 aliphatic carbocycles. The number of rotatable bonds is 3. The molecule has 1 aliphatic rings. The minimum Gasteiger partial charge on any atom is -0.476 e. The van der Waals surface area contributed by atoms with Gasteiger partial charge in [-0.25, -0.2) is 9.48 Å². The molecule has 0 unspecified atom stereocenters. The molecule has 1 fully saturated rings. The molecular weight excluding hydrogens is 256 g/mol. The first kappa shape index (κ1) is 12.7. The molecule has 20 heavy (non-hydrogen) atoms. The van der Waals surface area contributed by atoms with Crippen molar-refractivity contribution >= 4 is 11.7 Å². The number of hydrogen-bond donors (Lipinski definition) is 1. The van der Waals surface area contributed by atoms with E-state index in [9.17, 15) is 4.79 Å². The molecule has 6 heteroatoms. The molecule has 6 nitrogen and oxygen atoms in total. The van der Waals surface area contributed by atoms with E-state index in [0.717, 1.165) is 18.8 Å². The number of nitrogens with zero attached hydrogens (tertiary/aromatic N) is 4. The van der Waals surface area contributed by atoms with Crippen LogP contribution in [0.2, 0.25) is 0 Å². The number of carboxylic acids is 1. The molecule has 1 N–H and O–H groups in total. The predicted molar refractivity (Wildman–Crippen MR) is 74.5 cm³/mol. The molecule has 0 saturated carbocycles. The third kappa shape index (κ3) is 2.13. The number of carboxylic acid groups (broad SMARTS) is 1. The van der Waals surface area contributed by atoms with Gasteiger partial charge in [0.05, 0.1) is 11.4 Å². The van der Waals surface area contributed by atoms with E-state index in [2.05, 4.69) is 15.2 Å². The van der Waals surface area contributed by atoms with Crippen molar-refractivity contribution in [2.24, 2.45) is 0 Å². The summed E-state index contributed by atoms with van der Waals surface area (Å²) in [4.78, 5) is 13.3. The van der Waals surface area contributed by atoms with Crippen LogP contribution in [0.3, 0.4) is 0 Å². The summed E-state index contributed by atoms with van der Waals surface area (Å²) in [5.41, 5.74) is 2.55. The average Bonchev–Trinajstić information content (AvgIpc) is 3.08. The largest absolute Gasteiger partial charge is 0.476 e. The average molecular weight is 272 g/mol. The molecule has 1 saturated heterocycles. The van der Waals surface area contributed by atoms with E-state index in [0.29, 0.717) is 5.69 Å². The first-order valence-corrected chi connectivity index (χ1v) is 6.68. The Morgan fingerprint density at radius 1 is 1.15 bits per heavy atom. The quantitative estimate of drug-likeness (QED) is 0.923. The van der Waals surface area contributed by atoms with Crippen LogP contribution in [0.5, 0.6) is 0 Å². The van der Waals surface area contributed by atoms with Gasteiger partial charge in [-0.1, -0.05) is 5.21 Å². The Balaban J connectivity index is 1.89. The molecule has 1 aliphatic heterocycles. The molecule has 0 bridgehead atoms. The number of anilines is 1. The van der Waals surface area contributed by atoms with Crippen LogP contribution in [0.1, 0.15) is 29.0 Å². The Bertz CT molecular complexity index is 627. The number of benzene rings is 1. The SMILES string of the molecule is Cc1c(C(=O)O)nnn1-c1ccc(N2CCCC2)cc1. The first-order chi connectivity index (χ1) is 9.66. The fourth-order valence-electron chi connectivity index (χ4n) is 2.55. The minimum absolute atomic E-state index is 0.00591. The molecule has 2 heterocycles. The highest BCUT2D eigenvalue weighted by atomic mass is 16.4. The number of aromatic carboxylic acids is 1. The zero-order chi connectivity index (χ0) is 14.1. The lowest BCUT2D eigenvalue weighted by molar-refractivity contribution is 0.0689. The Kier molecular flexibility index (Phi) is 3.14. The van der Waals surface area contributed by atoms with E-state index >= 15 is 0 Å². The number of hydrogen-bond acceptors (Lipinski definition) is 4. The summed E-state index contributed by atoms with van der Waals surface area (Å²) in [7, 11) is 0. The van der Waals surface area contributed by atoms with E-state index in [-0.39, 0.29) is 5.69 Å². The fourth-order valence-corrected chi connectivity index (χ4v) is 2.55. The van der Waals surface area contributed by atoms with Gasteiger partial charge in [0, 0.05) is 18.8 Å². The van der Waals surface area contributed by atoms with Crippen LogP contribution >= 0.6 is 0 Å².